The predicted octanol–water partition coefficient (Wildman–Crippen LogP) is 1.78. The van der Waals surface area contributed by atoms with E-state index in [0.717, 1.165) is 43.1 Å². The van der Waals surface area contributed by atoms with Crippen LogP contribution in [0.1, 0.15) is 30.7 Å². The summed E-state index contributed by atoms with van der Waals surface area (Å²) in [5, 5.41) is 13.3. The van der Waals surface area contributed by atoms with Crippen LogP contribution in [-0.4, -0.2) is 86.8 Å². The minimum absolute atomic E-state index is 0.240. The molecule has 5 rings (SSSR count). The number of fused-ring (bicyclic) bond motifs is 5. The smallest absolute Gasteiger partial charge is 0.409 e. The molecule has 0 aromatic carbocycles. The van der Waals surface area contributed by atoms with Gasteiger partial charge in [0.2, 0.25) is 0 Å². The zero-order valence-electron chi connectivity index (χ0n) is 17.4. The first kappa shape index (κ1) is 19.4. The summed E-state index contributed by atoms with van der Waals surface area (Å²) in [4.78, 5) is 25.9. The summed E-state index contributed by atoms with van der Waals surface area (Å²) in [6.45, 7) is 10.3. The third-order valence-corrected chi connectivity index (χ3v) is 7.03. The van der Waals surface area contributed by atoms with Gasteiger partial charge in [-0.05, 0) is 42.3 Å². The van der Waals surface area contributed by atoms with Crippen LogP contribution in [0.2, 0.25) is 0 Å². The number of amides is 1. The van der Waals surface area contributed by atoms with Gasteiger partial charge in [-0.25, -0.2) is 4.79 Å². The zero-order valence-corrected chi connectivity index (χ0v) is 18.2. The topological polar surface area (TPSA) is 92.0 Å². The number of thiophene rings is 1. The Morgan fingerprint density at radius 2 is 2.00 bits per heavy atom. The SMILES string of the molecule is CCCN1CCc2c(sc3c2c(N2CCN(C(=O)OCC)CC2)nc2nnnn23)C1. The summed E-state index contributed by atoms with van der Waals surface area (Å²) < 4.78 is 6.92. The average Bonchev–Trinajstić information content (AvgIpc) is 3.37. The Labute approximate surface area is 178 Å². The first-order valence-electron chi connectivity index (χ1n) is 10.6. The Balaban J connectivity index is 1.51. The highest BCUT2D eigenvalue weighted by Gasteiger charge is 2.29. The van der Waals surface area contributed by atoms with E-state index in [1.165, 1.54) is 15.8 Å². The van der Waals surface area contributed by atoms with Crippen molar-refractivity contribution in [2.75, 3.05) is 50.8 Å². The molecule has 5 heterocycles. The number of aromatic nitrogens is 5. The Hall–Kier alpha value is -2.53. The zero-order chi connectivity index (χ0) is 20.7. The Morgan fingerprint density at radius 1 is 1.17 bits per heavy atom. The molecule has 0 saturated carbocycles. The average molecular weight is 431 g/mol. The van der Waals surface area contributed by atoms with Crippen LogP contribution in [0.4, 0.5) is 10.6 Å². The Morgan fingerprint density at radius 3 is 2.77 bits per heavy atom. The molecule has 1 saturated heterocycles. The molecule has 160 valence electrons. The predicted molar refractivity (Wildman–Crippen MR) is 114 cm³/mol. The highest BCUT2D eigenvalue weighted by Crippen LogP contribution is 2.40. The van der Waals surface area contributed by atoms with Gasteiger partial charge in [-0.1, -0.05) is 12.0 Å². The van der Waals surface area contributed by atoms with Gasteiger partial charge in [0.25, 0.3) is 5.78 Å². The second-order valence-corrected chi connectivity index (χ2v) is 8.79. The lowest BCUT2D eigenvalue weighted by molar-refractivity contribution is 0.105. The van der Waals surface area contributed by atoms with Crippen LogP contribution in [-0.2, 0) is 17.7 Å². The molecule has 2 aliphatic heterocycles. The van der Waals surface area contributed by atoms with Gasteiger partial charge in [0.15, 0.2) is 0 Å². The number of tetrazole rings is 1. The van der Waals surface area contributed by atoms with E-state index in [1.807, 2.05) is 6.92 Å². The molecule has 11 heteroatoms. The molecule has 0 N–H and O–H groups in total. The van der Waals surface area contributed by atoms with Crippen molar-refractivity contribution in [1.29, 1.82) is 0 Å². The highest BCUT2D eigenvalue weighted by atomic mass is 32.1. The normalized spacial score (nSPS) is 17.7. The molecule has 2 aliphatic rings. The van der Waals surface area contributed by atoms with Crippen molar-refractivity contribution in [3.8, 4) is 0 Å². The molecular weight excluding hydrogens is 404 g/mol. The van der Waals surface area contributed by atoms with Crippen molar-refractivity contribution in [3.05, 3.63) is 10.4 Å². The van der Waals surface area contributed by atoms with Crippen molar-refractivity contribution in [2.45, 2.75) is 33.2 Å². The molecular formula is C19H26N8O2S. The molecule has 10 nitrogen and oxygen atoms in total. The number of piperazine rings is 1. The lowest BCUT2D eigenvalue weighted by atomic mass is 10.0. The van der Waals surface area contributed by atoms with Crippen LogP contribution < -0.4 is 4.90 Å². The fraction of sp³-hybridized carbons (Fsp3) is 0.632. The van der Waals surface area contributed by atoms with Crippen molar-refractivity contribution in [2.24, 2.45) is 0 Å². The lowest BCUT2D eigenvalue weighted by Gasteiger charge is -2.35. The van der Waals surface area contributed by atoms with Crippen molar-refractivity contribution in [1.82, 2.24) is 34.8 Å². The van der Waals surface area contributed by atoms with E-state index >= 15 is 0 Å². The molecule has 0 aliphatic carbocycles. The van der Waals surface area contributed by atoms with Gasteiger partial charge in [0.1, 0.15) is 10.6 Å². The number of carbonyl (C=O) groups is 1. The van der Waals surface area contributed by atoms with Gasteiger partial charge >= 0.3 is 6.09 Å². The van der Waals surface area contributed by atoms with Gasteiger partial charge in [-0.3, -0.25) is 4.90 Å². The van der Waals surface area contributed by atoms with Gasteiger partial charge in [-0.2, -0.15) is 9.50 Å². The van der Waals surface area contributed by atoms with E-state index < -0.39 is 0 Å². The molecule has 1 fully saturated rings. The van der Waals surface area contributed by atoms with E-state index in [4.69, 9.17) is 9.72 Å². The number of rotatable bonds is 4. The van der Waals surface area contributed by atoms with Gasteiger partial charge in [-0.15, -0.1) is 11.3 Å². The Bertz CT molecular complexity index is 1070. The number of hydrogen-bond donors (Lipinski definition) is 0. The summed E-state index contributed by atoms with van der Waals surface area (Å²) >= 11 is 1.78. The minimum Gasteiger partial charge on any atom is -0.450 e. The van der Waals surface area contributed by atoms with Crippen LogP contribution >= 0.6 is 11.3 Å². The van der Waals surface area contributed by atoms with Crippen LogP contribution in [0, 0.1) is 0 Å². The van der Waals surface area contributed by atoms with Gasteiger partial charge in [0, 0.05) is 44.1 Å². The summed E-state index contributed by atoms with van der Waals surface area (Å²) in [5.74, 6) is 1.46. The summed E-state index contributed by atoms with van der Waals surface area (Å²) in [5.41, 5.74) is 1.38. The molecule has 3 aromatic rings. The van der Waals surface area contributed by atoms with Crippen molar-refractivity contribution < 1.29 is 9.53 Å². The third-order valence-electron chi connectivity index (χ3n) is 5.84. The first-order valence-corrected chi connectivity index (χ1v) is 11.4. The molecule has 0 radical (unpaired) electrons. The monoisotopic (exact) mass is 430 g/mol. The van der Waals surface area contributed by atoms with Crippen LogP contribution in [0.25, 0.3) is 16.0 Å². The van der Waals surface area contributed by atoms with Crippen LogP contribution in [0.3, 0.4) is 0 Å². The van der Waals surface area contributed by atoms with Crippen LogP contribution in [0.15, 0.2) is 0 Å². The summed E-state index contributed by atoms with van der Waals surface area (Å²) in [6, 6.07) is 0. The highest BCUT2D eigenvalue weighted by molar-refractivity contribution is 7.19. The standard InChI is InChI=1S/C19H26N8O2S/c1-3-6-24-7-5-13-14(12-24)30-17-15(13)16(20-18-21-22-23-27(17)18)25-8-10-26(11-9-25)19(28)29-4-2/h3-12H2,1-2H3. The molecule has 1 amide bonds. The fourth-order valence-electron chi connectivity index (χ4n) is 4.41. The number of hydrogen-bond acceptors (Lipinski definition) is 9. The number of carbonyl (C=O) groups excluding carboxylic acids is 1. The molecule has 30 heavy (non-hydrogen) atoms. The first-order chi connectivity index (χ1) is 14.7. The van der Waals surface area contributed by atoms with E-state index in [-0.39, 0.29) is 6.09 Å². The number of ether oxygens (including phenoxy) is 1. The third kappa shape index (κ3) is 3.25. The molecule has 3 aromatic heterocycles. The lowest BCUT2D eigenvalue weighted by Crippen LogP contribution is -2.49. The number of anilines is 1. The second kappa shape index (κ2) is 7.95. The molecule has 0 spiro atoms. The molecule has 0 atom stereocenters. The quantitative estimate of drug-likeness (QED) is 0.619. The summed E-state index contributed by atoms with van der Waals surface area (Å²) in [6.07, 6.45) is 1.94. The maximum atomic E-state index is 12.1. The van der Waals surface area contributed by atoms with E-state index in [9.17, 15) is 4.79 Å². The summed E-state index contributed by atoms with van der Waals surface area (Å²) in [7, 11) is 0. The second-order valence-electron chi connectivity index (χ2n) is 7.71. The maximum Gasteiger partial charge on any atom is 0.409 e. The fourth-order valence-corrected chi connectivity index (χ4v) is 5.74. The number of nitrogens with zero attached hydrogens (tertiary/aromatic N) is 8. The molecule has 0 bridgehead atoms. The van der Waals surface area contributed by atoms with Crippen molar-refractivity contribution >= 4 is 39.2 Å². The largest absolute Gasteiger partial charge is 0.450 e. The van der Waals surface area contributed by atoms with Crippen molar-refractivity contribution in [3.63, 3.8) is 0 Å². The van der Waals surface area contributed by atoms with Crippen LogP contribution in [0.5, 0.6) is 0 Å². The minimum atomic E-state index is -0.240. The van der Waals surface area contributed by atoms with E-state index in [0.29, 0.717) is 38.6 Å². The Kier molecular flexibility index (Phi) is 5.15. The van der Waals surface area contributed by atoms with Gasteiger partial charge < -0.3 is 14.5 Å². The van der Waals surface area contributed by atoms with E-state index in [2.05, 4.69) is 32.2 Å². The molecule has 0 unspecified atom stereocenters. The van der Waals surface area contributed by atoms with E-state index in [1.54, 1.807) is 20.8 Å². The maximum absolute atomic E-state index is 12.1. The van der Waals surface area contributed by atoms with Gasteiger partial charge in [0.05, 0.1) is 12.0 Å².